The minimum Gasteiger partial charge on any atom is -0.378 e. The smallest absolute Gasteiger partial charge is 0.274 e. The monoisotopic (exact) mass is 391 g/mol. The Morgan fingerprint density at radius 3 is 2.64 bits per heavy atom. The molecule has 3 amide bonds. The van der Waals surface area contributed by atoms with E-state index < -0.39 is 5.54 Å². The molecule has 154 valence electrons. The summed E-state index contributed by atoms with van der Waals surface area (Å²) in [6, 6.07) is 1.52. The summed E-state index contributed by atoms with van der Waals surface area (Å²) in [7, 11) is 1.62. The Labute approximate surface area is 165 Å². The van der Waals surface area contributed by atoms with Crippen LogP contribution in [0.5, 0.6) is 0 Å². The van der Waals surface area contributed by atoms with Crippen LogP contribution >= 0.6 is 0 Å². The molecule has 1 atom stereocenters. The van der Waals surface area contributed by atoms with Gasteiger partial charge in [-0.2, -0.15) is 5.10 Å². The van der Waals surface area contributed by atoms with E-state index in [1.165, 1.54) is 15.6 Å². The third-order valence-corrected chi connectivity index (χ3v) is 5.52. The summed E-state index contributed by atoms with van der Waals surface area (Å²) in [6.07, 6.45) is 0.866. The van der Waals surface area contributed by atoms with Crippen LogP contribution in [-0.2, 0) is 16.1 Å². The molecule has 3 heterocycles. The molecule has 0 aromatic carbocycles. The van der Waals surface area contributed by atoms with Crippen molar-refractivity contribution in [2.75, 3.05) is 39.9 Å². The third kappa shape index (κ3) is 3.76. The Morgan fingerprint density at radius 2 is 2.00 bits per heavy atom. The van der Waals surface area contributed by atoms with Gasteiger partial charge in [0.05, 0.1) is 19.8 Å². The second kappa shape index (κ2) is 7.90. The summed E-state index contributed by atoms with van der Waals surface area (Å²) >= 11 is 0. The number of carbonyl (C=O) groups excluding carboxylic acids is 3. The fourth-order valence-corrected chi connectivity index (χ4v) is 3.42. The molecule has 3 rings (SSSR count). The first-order valence-electron chi connectivity index (χ1n) is 9.75. The number of ether oxygens (including phenoxy) is 1. The molecule has 0 spiro atoms. The zero-order valence-corrected chi connectivity index (χ0v) is 17.0. The number of carbonyl (C=O) groups is 3. The van der Waals surface area contributed by atoms with Gasteiger partial charge in [0.15, 0.2) is 5.69 Å². The largest absolute Gasteiger partial charge is 0.378 e. The summed E-state index contributed by atoms with van der Waals surface area (Å²) < 4.78 is 6.76. The van der Waals surface area contributed by atoms with Crippen molar-refractivity contribution in [3.8, 4) is 0 Å². The van der Waals surface area contributed by atoms with Crippen LogP contribution in [0.3, 0.4) is 0 Å². The maximum atomic E-state index is 12.9. The Bertz CT molecular complexity index is 768. The van der Waals surface area contributed by atoms with Crippen LogP contribution in [0.4, 0.5) is 0 Å². The summed E-state index contributed by atoms with van der Waals surface area (Å²) in [5.41, 5.74) is -0.512. The maximum Gasteiger partial charge on any atom is 0.274 e. The molecule has 1 N–H and O–H groups in total. The van der Waals surface area contributed by atoms with Gasteiger partial charge in [0.2, 0.25) is 5.91 Å². The van der Waals surface area contributed by atoms with Crippen LogP contribution in [0.2, 0.25) is 0 Å². The van der Waals surface area contributed by atoms with E-state index in [1.54, 1.807) is 18.9 Å². The van der Waals surface area contributed by atoms with E-state index in [1.807, 2.05) is 0 Å². The van der Waals surface area contributed by atoms with Crippen molar-refractivity contribution in [3.05, 3.63) is 17.5 Å². The molecule has 2 aliphatic rings. The van der Waals surface area contributed by atoms with E-state index in [2.05, 4.69) is 24.3 Å². The van der Waals surface area contributed by atoms with Crippen LogP contribution in [0.1, 0.15) is 48.2 Å². The van der Waals surface area contributed by atoms with Gasteiger partial charge in [-0.15, -0.1) is 0 Å². The van der Waals surface area contributed by atoms with Crippen LogP contribution in [0.25, 0.3) is 0 Å². The molecule has 1 aromatic rings. The number of hydrogen-bond donors (Lipinski definition) is 1. The second-order valence-electron chi connectivity index (χ2n) is 8.05. The van der Waals surface area contributed by atoms with Gasteiger partial charge < -0.3 is 19.9 Å². The first-order valence-corrected chi connectivity index (χ1v) is 9.75. The van der Waals surface area contributed by atoms with Gasteiger partial charge in [0.25, 0.3) is 11.8 Å². The van der Waals surface area contributed by atoms with Gasteiger partial charge in [-0.3, -0.25) is 19.1 Å². The van der Waals surface area contributed by atoms with Crippen LogP contribution < -0.4 is 5.32 Å². The molecule has 0 aliphatic carbocycles. The SMILES string of the molecule is CC(C)CCNC(=O)[C@]1(C)Cn2nc(C(=O)N3CCOCC3)cc2C(=O)N1C. The second-order valence-corrected chi connectivity index (χ2v) is 8.05. The fraction of sp³-hybridized carbons (Fsp3) is 0.684. The lowest BCUT2D eigenvalue weighted by Gasteiger charge is -2.40. The zero-order chi connectivity index (χ0) is 20.5. The molecule has 1 aromatic heterocycles. The molecule has 0 unspecified atom stereocenters. The van der Waals surface area contributed by atoms with Crippen molar-refractivity contribution in [3.63, 3.8) is 0 Å². The van der Waals surface area contributed by atoms with E-state index in [-0.39, 0.29) is 30.0 Å². The predicted octanol–water partition coefficient (Wildman–Crippen LogP) is 0.362. The molecule has 1 saturated heterocycles. The Morgan fingerprint density at radius 1 is 1.32 bits per heavy atom. The molecule has 2 aliphatic heterocycles. The number of fused-ring (bicyclic) bond motifs is 1. The molecule has 9 nitrogen and oxygen atoms in total. The molecule has 28 heavy (non-hydrogen) atoms. The molecular formula is C19H29N5O4. The minimum atomic E-state index is -1.06. The van der Waals surface area contributed by atoms with Crippen LogP contribution in [0, 0.1) is 5.92 Å². The quantitative estimate of drug-likeness (QED) is 0.782. The lowest BCUT2D eigenvalue weighted by atomic mass is 9.95. The maximum absolute atomic E-state index is 12.9. The van der Waals surface area contributed by atoms with E-state index in [4.69, 9.17) is 4.74 Å². The summed E-state index contributed by atoms with van der Waals surface area (Å²) in [4.78, 5) is 41.5. The van der Waals surface area contributed by atoms with E-state index in [9.17, 15) is 14.4 Å². The normalized spacial score (nSPS) is 22.4. The topological polar surface area (TPSA) is 96.8 Å². The van der Waals surface area contributed by atoms with Crippen molar-refractivity contribution < 1.29 is 19.1 Å². The average Bonchev–Trinajstić information content (AvgIpc) is 3.09. The molecule has 0 saturated carbocycles. The molecular weight excluding hydrogens is 362 g/mol. The van der Waals surface area contributed by atoms with Crippen molar-refractivity contribution >= 4 is 17.7 Å². The molecule has 0 bridgehead atoms. The predicted molar refractivity (Wildman–Crippen MR) is 102 cm³/mol. The highest BCUT2D eigenvalue weighted by atomic mass is 16.5. The van der Waals surface area contributed by atoms with Crippen molar-refractivity contribution in [2.24, 2.45) is 5.92 Å². The first kappa shape index (κ1) is 20.3. The first-order chi connectivity index (χ1) is 13.2. The molecule has 1 fully saturated rings. The Hall–Kier alpha value is -2.42. The highest BCUT2D eigenvalue weighted by molar-refractivity contribution is 6.01. The minimum absolute atomic E-state index is 0.203. The van der Waals surface area contributed by atoms with Crippen molar-refractivity contribution in [2.45, 2.75) is 39.3 Å². The number of nitrogens with zero attached hydrogens (tertiary/aromatic N) is 4. The molecule has 9 heteroatoms. The number of likely N-dealkylation sites (N-methyl/N-ethyl adjacent to an activating group) is 1. The van der Waals surface area contributed by atoms with Gasteiger partial charge >= 0.3 is 0 Å². The van der Waals surface area contributed by atoms with Gasteiger partial charge in [0.1, 0.15) is 11.2 Å². The highest BCUT2D eigenvalue weighted by Gasteiger charge is 2.46. The lowest BCUT2D eigenvalue weighted by molar-refractivity contribution is -0.132. The van der Waals surface area contributed by atoms with Crippen LogP contribution in [-0.4, -0.2) is 82.7 Å². The summed E-state index contributed by atoms with van der Waals surface area (Å²) in [5, 5.41) is 7.28. The fourth-order valence-electron chi connectivity index (χ4n) is 3.42. The number of rotatable bonds is 5. The van der Waals surface area contributed by atoms with Crippen LogP contribution in [0.15, 0.2) is 6.07 Å². The average molecular weight is 391 g/mol. The third-order valence-electron chi connectivity index (χ3n) is 5.52. The molecule has 0 radical (unpaired) electrons. The number of hydrogen-bond acceptors (Lipinski definition) is 5. The Kier molecular flexibility index (Phi) is 5.74. The number of aromatic nitrogens is 2. The van der Waals surface area contributed by atoms with Gasteiger partial charge in [-0.05, 0) is 19.3 Å². The number of nitrogens with one attached hydrogen (secondary N) is 1. The van der Waals surface area contributed by atoms with E-state index >= 15 is 0 Å². The standard InChI is InChI=1S/C19H29N5O4/c1-13(2)5-6-20-18(27)19(3)12-24-15(17(26)22(19)4)11-14(21-24)16(25)23-7-9-28-10-8-23/h11,13H,5-10,12H2,1-4H3,(H,20,27)/t19-/m0/s1. The summed E-state index contributed by atoms with van der Waals surface area (Å²) in [6.45, 7) is 8.67. The van der Waals surface area contributed by atoms with Crippen molar-refractivity contribution in [1.29, 1.82) is 0 Å². The van der Waals surface area contributed by atoms with E-state index in [0.29, 0.717) is 44.5 Å². The number of morpholine rings is 1. The lowest BCUT2D eigenvalue weighted by Crippen LogP contribution is -2.62. The van der Waals surface area contributed by atoms with Gasteiger partial charge in [-0.1, -0.05) is 13.8 Å². The zero-order valence-electron chi connectivity index (χ0n) is 17.0. The van der Waals surface area contributed by atoms with Gasteiger partial charge in [0, 0.05) is 32.7 Å². The van der Waals surface area contributed by atoms with E-state index in [0.717, 1.165) is 6.42 Å². The Balaban J connectivity index is 1.79. The van der Waals surface area contributed by atoms with Crippen molar-refractivity contribution in [1.82, 2.24) is 24.9 Å². The summed E-state index contributed by atoms with van der Waals surface area (Å²) in [5.74, 6) is -0.276. The highest BCUT2D eigenvalue weighted by Crippen LogP contribution is 2.26. The van der Waals surface area contributed by atoms with Gasteiger partial charge in [-0.25, -0.2) is 0 Å². The number of amides is 3.